The molecule has 8 nitrogen and oxygen atoms in total. The molecule has 0 aromatic heterocycles. The molecule has 8 heteroatoms. The van der Waals surface area contributed by atoms with Crippen molar-refractivity contribution >= 4 is 11.6 Å². The van der Waals surface area contributed by atoms with Gasteiger partial charge in [-0.2, -0.15) is 0 Å². The second-order valence-electron chi connectivity index (χ2n) is 10.3. The van der Waals surface area contributed by atoms with E-state index in [0.717, 1.165) is 0 Å². The van der Waals surface area contributed by atoms with Gasteiger partial charge in [-0.15, -0.1) is 0 Å². The van der Waals surface area contributed by atoms with Crippen molar-refractivity contribution in [2.24, 2.45) is 0 Å². The molecule has 41 heavy (non-hydrogen) atoms. The maximum absolute atomic E-state index is 11.9. The Balaban J connectivity index is 1.43. The molecule has 1 aliphatic heterocycles. The molecular formula is C33H39NO7. The largest absolute Gasteiger partial charge is 0.508 e. The fourth-order valence-corrected chi connectivity index (χ4v) is 4.88. The third-order valence-electron chi connectivity index (χ3n) is 7.40. The highest BCUT2D eigenvalue weighted by Crippen LogP contribution is 2.26. The molecule has 3 aromatic carbocycles. The van der Waals surface area contributed by atoms with E-state index in [-0.39, 0.29) is 48.8 Å². The molecule has 0 unspecified atom stereocenters. The molecule has 1 aliphatic rings. The van der Waals surface area contributed by atoms with E-state index in [1.807, 2.05) is 20.8 Å². The van der Waals surface area contributed by atoms with Gasteiger partial charge in [0.05, 0.1) is 6.10 Å². The summed E-state index contributed by atoms with van der Waals surface area (Å²) in [7, 11) is 0. The number of Topliss-reactive ketones (excluding diaryl/α,β-unsaturated/α-hetero) is 2. The third-order valence-corrected chi connectivity index (χ3v) is 7.40. The van der Waals surface area contributed by atoms with Crippen LogP contribution in [0.2, 0.25) is 0 Å². The van der Waals surface area contributed by atoms with Crippen molar-refractivity contribution in [2.75, 3.05) is 26.3 Å². The summed E-state index contributed by atoms with van der Waals surface area (Å²) in [6.07, 6.45) is -0.472. The molecule has 218 valence electrons. The summed E-state index contributed by atoms with van der Waals surface area (Å²) in [6, 6.07) is 20.5. The molecule has 4 atom stereocenters. The van der Waals surface area contributed by atoms with Crippen LogP contribution in [0.15, 0.2) is 72.8 Å². The van der Waals surface area contributed by atoms with E-state index in [0.29, 0.717) is 54.1 Å². The number of aromatic hydroxyl groups is 1. The number of hydrogen-bond donors (Lipinski definition) is 2. The van der Waals surface area contributed by atoms with Gasteiger partial charge in [-0.05, 0) is 73.2 Å². The highest BCUT2D eigenvalue weighted by atomic mass is 16.6. The summed E-state index contributed by atoms with van der Waals surface area (Å²) in [5.74, 6) is 1.60. The van der Waals surface area contributed by atoms with Crippen LogP contribution in [0.4, 0.5) is 0 Å². The first-order valence-electron chi connectivity index (χ1n) is 14.2. The first-order valence-corrected chi connectivity index (χ1v) is 14.2. The summed E-state index contributed by atoms with van der Waals surface area (Å²) in [4.78, 5) is 26.0. The van der Waals surface area contributed by atoms with Crippen molar-refractivity contribution in [2.45, 2.75) is 58.0 Å². The Morgan fingerprint density at radius 1 is 0.805 bits per heavy atom. The smallest absolute Gasteiger partial charge is 0.162 e. The van der Waals surface area contributed by atoms with Crippen LogP contribution in [0.1, 0.15) is 66.0 Å². The van der Waals surface area contributed by atoms with Gasteiger partial charge < -0.3 is 24.4 Å². The van der Waals surface area contributed by atoms with Crippen molar-refractivity contribution in [1.29, 1.82) is 0 Å². The van der Waals surface area contributed by atoms with Crippen molar-refractivity contribution in [3.63, 3.8) is 0 Å². The van der Waals surface area contributed by atoms with Crippen molar-refractivity contribution in [3.05, 3.63) is 89.5 Å². The summed E-state index contributed by atoms with van der Waals surface area (Å²) in [5.41, 5.74) is 2.02. The Hall–Kier alpha value is -3.72. The summed E-state index contributed by atoms with van der Waals surface area (Å²) in [5, 5.41) is 20.8. The van der Waals surface area contributed by atoms with E-state index >= 15 is 0 Å². The number of ketones is 2. The second-order valence-corrected chi connectivity index (χ2v) is 10.3. The number of aliphatic hydroxyl groups is 1. The predicted molar refractivity (Wildman–Crippen MR) is 156 cm³/mol. The van der Waals surface area contributed by atoms with Crippen molar-refractivity contribution in [1.82, 2.24) is 4.90 Å². The molecule has 1 heterocycles. The lowest BCUT2D eigenvalue weighted by molar-refractivity contribution is -0.128. The number of carbonyl (C=O) groups excluding carboxylic acids is 2. The molecule has 2 N–H and O–H groups in total. The second kappa shape index (κ2) is 14.3. The number of ether oxygens (including phenoxy) is 3. The van der Waals surface area contributed by atoms with E-state index in [1.165, 1.54) is 0 Å². The van der Waals surface area contributed by atoms with Gasteiger partial charge in [-0.25, -0.2) is 0 Å². The Labute approximate surface area is 241 Å². The Morgan fingerprint density at radius 2 is 1.24 bits per heavy atom. The zero-order valence-electron chi connectivity index (χ0n) is 23.9. The number of hydrogen-bond acceptors (Lipinski definition) is 8. The molecule has 0 saturated carbocycles. The highest BCUT2D eigenvalue weighted by molar-refractivity contribution is 5.96. The van der Waals surface area contributed by atoms with Crippen LogP contribution >= 0.6 is 0 Å². The van der Waals surface area contributed by atoms with E-state index in [1.54, 1.807) is 72.8 Å². The third kappa shape index (κ3) is 8.16. The Kier molecular flexibility index (Phi) is 10.5. The van der Waals surface area contributed by atoms with Crippen LogP contribution in [0, 0.1) is 0 Å². The molecule has 0 aliphatic carbocycles. The summed E-state index contributed by atoms with van der Waals surface area (Å²) < 4.78 is 18.4. The average Bonchev–Trinajstić information content (AvgIpc) is 3.02. The van der Waals surface area contributed by atoms with Crippen LogP contribution in [-0.2, 0) is 4.74 Å². The van der Waals surface area contributed by atoms with Crippen LogP contribution in [-0.4, -0.2) is 71.2 Å². The molecule has 0 bridgehead atoms. The summed E-state index contributed by atoms with van der Waals surface area (Å²) >= 11 is 0. The lowest BCUT2D eigenvalue weighted by Gasteiger charge is -2.42. The summed E-state index contributed by atoms with van der Waals surface area (Å²) in [6.45, 7) is 7.27. The van der Waals surface area contributed by atoms with E-state index < -0.39 is 6.10 Å². The maximum Gasteiger partial charge on any atom is 0.162 e. The van der Waals surface area contributed by atoms with E-state index in [4.69, 9.17) is 14.2 Å². The van der Waals surface area contributed by atoms with Crippen LogP contribution in [0.25, 0.3) is 0 Å². The van der Waals surface area contributed by atoms with Crippen LogP contribution in [0.5, 0.6) is 17.2 Å². The van der Waals surface area contributed by atoms with Gasteiger partial charge in [0.2, 0.25) is 0 Å². The molecule has 1 fully saturated rings. The normalized spacial score (nSPS) is 18.8. The van der Waals surface area contributed by atoms with Gasteiger partial charge in [0.15, 0.2) is 11.6 Å². The van der Waals surface area contributed by atoms with Crippen LogP contribution in [0.3, 0.4) is 0 Å². The van der Waals surface area contributed by atoms with Gasteiger partial charge in [-0.1, -0.05) is 26.0 Å². The minimum Gasteiger partial charge on any atom is -0.508 e. The number of phenolic OH excluding ortho intramolecular Hbond substituents is 1. The lowest BCUT2D eigenvalue weighted by Crippen LogP contribution is -2.55. The molecule has 1 saturated heterocycles. The molecular weight excluding hydrogens is 522 g/mol. The standard InChI is InChI=1S/C33H39NO7/c1-4-31(36)23-8-14-27(15-9-23)39-20-29-18-34(22(3)33(38)25-6-12-26(35)13-7-25)19-30(41-29)21-40-28-16-10-24(11-17-28)32(37)5-2/h6-17,22,29-30,33,35,38H,4-5,18-21H2,1-3H3/t22-,29+,30+,33-/m0/s1. The number of carbonyl (C=O) groups is 2. The quantitative estimate of drug-likeness (QED) is 0.274. The Morgan fingerprint density at radius 3 is 1.66 bits per heavy atom. The first-order chi connectivity index (χ1) is 19.8. The molecule has 0 radical (unpaired) electrons. The topological polar surface area (TPSA) is 106 Å². The van der Waals surface area contributed by atoms with Crippen molar-refractivity contribution in [3.8, 4) is 17.2 Å². The number of aliphatic hydroxyl groups excluding tert-OH is 1. The van der Waals surface area contributed by atoms with Gasteiger partial charge in [-0.3, -0.25) is 14.5 Å². The highest BCUT2D eigenvalue weighted by Gasteiger charge is 2.34. The van der Waals surface area contributed by atoms with Gasteiger partial charge in [0.25, 0.3) is 0 Å². The number of phenols is 1. The zero-order valence-corrected chi connectivity index (χ0v) is 23.9. The fraction of sp³-hybridized carbons (Fsp3) is 0.394. The minimum absolute atomic E-state index is 0.0819. The molecule has 0 spiro atoms. The van der Waals surface area contributed by atoms with E-state index in [9.17, 15) is 19.8 Å². The molecule has 0 amide bonds. The Bertz CT molecular complexity index is 1200. The SMILES string of the molecule is CCC(=O)c1ccc(OC[C@H]2CN([C@@H](C)[C@H](O)c3ccc(O)cc3)C[C@H](COc3ccc(C(=O)CC)cc3)O2)cc1. The van der Waals surface area contributed by atoms with E-state index in [2.05, 4.69) is 4.90 Å². The lowest BCUT2D eigenvalue weighted by atomic mass is 10.0. The zero-order chi connectivity index (χ0) is 29.4. The minimum atomic E-state index is -0.774. The number of morpholine rings is 1. The van der Waals surface area contributed by atoms with Crippen molar-refractivity contribution < 1.29 is 34.0 Å². The fourth-order valence-electron chi connectivity index (χ4n) is 4.88. The average molecular weight is 562 g/mol. The monoisotopic (exact) mass is 561 g/mol. The predicted octanol–water partition coefficient (Wildman–Crippen LogP) is 5.23. The molecule has 4 rings (SSSR count). The van der Waals surface area contributed by atoms with Gasteiger partial charge >= 0.3 is 0 Å². The van der Waals surface area contributed by atoms with Gasteiger partial charge in [0.1, 0.15) is 42.7 Å². The van der Waals surface area contributed by atoms with Crippen LogP contribution < -0.4 is 9.47 Å². The molecule has 3 aromatic rings. The maximum atomic E-state index is 11.9. The number of nitrogens with zero attached hydrogens (tertiary/aromatic N) is 1. The first kappa shape index (κ1) is 30.2. The number of benzene rings is 3. The number of rotatable bonds is 13. The van der Waals surface area contributed by atoms with Gasteiger partial charge in [0, 0.05) is 43.1 Å².